The van der Waals surface area contributed by atoms with Gasteiger partial charge >= 0.3 is 0 Å². The van der Waals surface area contributed by atoms with Crippen molar-refractivity contribution in [3.8, 4) is 0 Å². The fourth-order valence-electron chi connectivity index (χ4n) is 1.06. The lowest BCUT2D eigenvalue weighted by Gasteiger charge is -2.11. The van der Waals surface area contributed by atoms with Crippen LogP contribution in [0.2, 0.25) is 0 Å². The van der Waals surface area contributed by atoms with Gasteiger partial charge in [0.2, 0.25) is 0 Å². The van der Waals surface area contributed by atoms with Crippen molar-refractivity contribution >= 4 is 11.3 Å². The second-order valence-corrected chi connectivity index (χ2v) is 4.24. The third kappa shape index (κ3) is 3.85. The Hall–Kier alpha value is -0.450. The predicted octanol–water partition coefficient (Wildman–Crippen LogP) is 1.53. The van der Waals surface area contributed by atoms with E-state index in [4.69, 9.17) is 5.73 Å². The molecule has 0 aliphatic rings. The van der Waals surface area contributed by atoms with Crippen molar-refractivity contribution in [1.82, 2.24) is 10.3 Å². The van der Waals surface area contributed by atoms with Crippen LogP contribution in [0.1, 0.15) is 31.3 Å². The number of thiazole rings is 1. The van der Waals surface area contributed by atoms with Crippen LogP contribution in [0.3, 0.4) is 0 Å². The molecule has 1 aromatic rings. The molecular weight excluding hydrogens is 182 g/mol. The average Bonchev–Trinajstić information content (AvgIpc) is 2.55. The van der Waals surface area contributed by atoms with E-state index in [0.717, 1.165) is 18.0 Å². The van der Waals surface area contributed by atoms with E-state index >= 15 is 0 Å². The minimum absolute atomic E-state index is 0.274. The molecule has 1 rings (SSSR count). The highest BCUT2D eigenvalue weighted by molar-refractivity contribution is 7.09. The number of nitrogens with one attached hydrogen (secondary N) is 1. The van der Waals surface area contributed by atoms with Gasteiger partial charge in [-0.3, -0.25) is 0 Å². The maximum atomic E-state index is 5.64. The number of nitrogens with zero attached hydrogens (tertiary/aromatic N) is 1. The predicted molar refractivity (Wildman–Crippen MR) is 56.8 cm³/mol. The standard InChI is InChI=1S/C9H17N3S/c1-7(10)3-4-11-8(2)9-12-5-6-13-9/h5-8,11H,3-4,10H2,1-2H3. The Labute approximate surface area is 83.4 Å². The van der Waals surface area contributed by atoms with E-state index in [2.05, 4.69) is 17.2 Å². The Kier molecular flexibility index (Phi) is 4.35. The molecule has 0 spiro atoms. The highest BCUT2D eigenvalue weighted by Gasteiger charge is 2.06. The molecule has 0 bridgehead atoms. The number of nitrogens with two attached hydrogens (primary N) is 1. The first-order valence-electron chi connectivity index (χ1n) is 4.58. The van der Waals surface area contributed by atoms with Crippen molar-refractivity contribution in [1.29, 1.82) is 0 Å². The molecule has 0 saturated carbocycles. The van der Waals surface area contributed by atoms with Gasteiger partial charge in [-0.2, -0.15) is 0 Å². The Morgan fingerprint density at radius 3 is 2.92 bits per heavy atom. The molecule has 0 saturated heterocycles. The first kappa shape index (κ1) is 10.6. The topological polar surface area (TPSA) is 50.9 Å². The van der Waals surface area contributed by atoms with Crippen LogP contribution in [0.25, 0.3) is 0 Å². The Morgan fingerprint density at radius 1 is 1.62 bits per heavy atom. The van der Waals surface area contributed by atoms with Crippen LogP contribution in [0, 0.1) is 0 Å². The van der Waals surface area contributed by atoms with Crippen molar-refractivity contribution in [2.75, 3.05) is 6.54 Å². The molecule has 2 atom stereocenters. The molecular formula is C9H17N3S. The fourth-order valence-corrected chi connectivity index (χ4v) is 1.73. The quantitative estimate of drug-likeness (QED) is 0.756. The van der Waals surface area contributed by atoms with Gasteiger partial charge in [0.05, 0.1) is 6.04 Å². The number of rotatable bonds is 5. The van der Waals surface area contributed by atoms with Gasteiger partial charge in [0.15, 0.2) is 0 Å². The van der Waals surface area contributed by atoms with E-state index in [1.807, 2.05) is 18.5 Å². The summed E-state index contributed by atoms with van der Waals surface area (Å²) in [7, 11) is 0. The molecule has 0 radical (unpaired) electrons. The molecule has 0 aliphatic carbocycles. The van der Waals surface area contributed by atoms with Crippen LogP contribution in [-0.4, -0.2) is 17.6 Å². The van der Waals surface area contributed by atoms with Gasteiger partial charge in [-0.05, 0) is 26.8 Å². The van der Waals surface area contributed by atoms with Crippen LogP contribution in [0.15, 0.2) is 11.6 Å². The first-order chi connectivity index (χ1) is 6.20. The van der Waals surface area contributed by atoms with Gasteiger partial charge in [-0.25, -0.2) is 4.98 Å². The van der Waals surface area contributed by atoms with E-state index < -0.39 is 0 Å². The van der Waals surface area contributed by atoms with Crippen molar-refractivity contribution in [3.63, 3.8) is 0 Å². The minimum atomic E-state index is 0.274. The third-order valence-corrected chi connectivity index (χ3v) is 2.83. The molecule has 3 nitrogen and oxygen atoms in total. The van der Waals surface area contributed by atoms with Gasteiger partial charge in [-0.15, -0.1) is 11.3 Å². The molecule has 1 heterocycles. The number of hydrogen-bond donors (Lipinski definition) is 2. The third-order valence-electron chi connectivity index (χ3n) is 1.87. The molecule has 0 aromatic carbocycles. The first-order valence-corrected chi connectivity index (χ1v) is 5.46. The Balaban J connectivity index is 2.22. The summed E-state index contributed by atoms with van der Waals surface area (Å²) in [6, 6.07) is 0.620. The zero-order valence-corrected chi connectivity index (χ0v) is 8.97. The second kappa shape index (κ2) is 5.32. The zero-order chi connectivity index (χ0) is 9.68. The maximum absolute atomic E-state index is 5.64. The molecule has 74 valence electrons. The normalized spacial score (nSPS) is 15.6. The van der Waals surface area contributed by atoms with Gasteiger partial charge < -0.3 is 11.1 Å². The summed E-state index contributed by atoms with van der Waals surface area (Å²) in [5.74, 6) is 0. The van der Waals surface area contributed by atoms with Crippen molar-refractivity contribution in [2.24, 2.45) is 5.73 Å². The lowest BCUT2D eigenvalue weighted by Crippen LogP contribution is -2.25. The van der Waals surface area contributed by atoms with Crippen LogP contribution >= 0.6 is 11.3 Å². The largest absolute Gasteiger partial charge is 0.328 e. The van der Waals surface area contributed by atoms with Gasteiger partial charge in [0.1, 0.15) is 5.01 Å². The van der Waals surface area contributed by atoms with Gasteiger partial charge in [0, 0.05) is 17.6 Å². The molecule has 0 fully saturated rings. The van der Waals surface area contributed by atoms with Crippen LogP contribution in [0.4, 0.5) is 0 Å². The second-order valence-electron chi connectivity index (χ2n) is 3.31. The Bertz CT molecular complexity index is 221. The molecule has 0 aliphatic heterocycles. The summed E-state index contributed by atoms with van der Waals surface area (Å²) in [5, 5.41) is 6.53. The summed E-state index contributed by atoms with van der Waals surface area (Å²) in [6.45, 7) is 5.11. The van der Waals surface area contributed by atoms with Crippen LogP contribution < -0.4 is 11.1 Å². The summed E-state index contributed by atoms with van der Waals surface area (Å²) >= 11 is 1.68. The molecule has 4 heteroatoms. The summed E-state index contributed by atoms with van der Waals surface area (Å²) in [4.78, 5) is 4.24. The van der Waals surface area contributed by atoms with Crippen molar-refractivity contribution in [2.45, 2.75) is 32.4 Å². The van der Waals surface area contributed by atoms with Gasteiger partial charge in [-0.1, -0.05) is 0 Å². The summed E-state index contributed by atoms with van der Waals surface area (Å²) in [6.07, 6.45) is 2.85. The van der Waals surface area contributed by atoms with Crippen LogP contribution in [0.5, 0.6) is 0 Å². The molecule has 2 unspecified atom stereocenters. The lowest BCUT2D eigenvalue weighted by atomic mass is 10.2. The van der Waals surface area contributed by atoms with E-state index in [-0.39, 0.29) is 6.04 Å². The maximum Gasteiger partial charge on any atom is 0.109 e. The highest BCUT2D eigenvalue weighted by atomic mass is 32.1. The van der Waals surface area contributed by atoms with Gasteiger partial charge in [0.25, 0.3) is 0 Å². The molecule has 1 aromatic heterocycles. The number of aromatic nitrogens is 1. The molecule has 0 amide bonds. The van der Waals surface area contributed by atoms with E-state index in [0.29, 0.717) is 6.04 Å². The van der Waals surface area contributed by atoms with E-state index in [1.54, 1.807) is 11.3 Å². The van der Waals surface area contributed by atoms with Crippen molar-refractivity contribution < 1.29 is 0 Å². The lowest BCUT2D eigenvalue weighted by molar-refractivity contribution is 0.527. The molecule has 13 heavy (non-hydrogen) atoms. The Morgan fingerprint density at radius 2 is 2.38 bits per heavy atom. The SMILES string of the molecule is CC(N)CCNC(C)c1nccs1. The highest BCUT2D eigenvalue weighted by Crippen LogP contribution is 2.14. The smallest absolute Gasteiger partial charge is 0.109 e. The van der Waals surface area contributed by atoms with E-state index in [1.165, 1.54) is 0 Å². The van der Waals surface area contributed by atoms with Crippen LogP contribution in [-0.2, 0) is 0 Å². The number of hydrogen-bond acceptors (Lipinski definition) is 4. The fraction of sp³-hybridized carbons (Fsp3) is 0.667. The summed E-state index contributed by atoms with van der Waals surface area (Å²) in [5.41, 5.74) is 5.64. The van der Waals surface area contributed by atoms with Crippen molar-refractivity contribution in [3.05, 3.63) is 16.6 Å². The van der Waals surface area contributed by atoms with E-state index in [9.17, 15) is 0 Å². The molecule has 3 N–H and O–H groups in total. The zero-order valence-electron chi connectivity index (χ0n) is 8.16. The summed E-state index contributed by atoms with van der Waals surface area (Å²) < 4.78 is 0. The average molecular weight is 199 g/mol. The minimum Gasteiger partial charge on any atom is -0.328 e. The monoisotopic (exact) mass is 199 g/mol.